The minimum absolute atomic E-state index is 0.359. The molecule has 0 spiro atoms. The third-order valence-electron chi connectivity index (χ3n) is 1.80. The Bertz CT molecular complexity index is 214. The van der Waals surface area contributed by atoms with Gasteiger partial charge >= 0.3 is 0 Å². The first-order valence-electron chi connectivity index (χ1n) is 3.68. The van der Waals surface area contributed by atoms with E-state index < -0.39 is 0 Å². The molecule has 0 aliphatic carbocycles. The fourth-order valence-electron chi connectivity index (χ4n) is 1.08. The Balaban J connectivity index is 2.72. The van der Waals surface area contributed by atoms with Crippen LogP contribution in [-0.2, 0) is 0 Å². The molecule has 2 heteroatoms. The zero-order chi connectivity index (χ0) is 8.27. The molecular weight excluding hydrogens is 138 g/mol. The van der Waals surface area contributed by atoms with Crippen molar-refractivity contribution < 1.29 is 5.11 Å². The highest BCUT2D eigenvalue weighted by Crippen LogP contribution is 2.13. The first-order valence-corrected chi connectivity index (χ1v) is 3.68. The molecule has 0 atom stereocenters. The molecule has 0 amide bonds. The number of aliphatic hydroxyl groups excluding tert-OH is 1. The first kappa shape index (κ1) is 7.92. The van der Waals surface area contributed by atoms with Gasteiger partial charge in [0, 0.05) is 13.1 Å². The molecule has 60 valence electrons. The summed E-state index contributed by atoms with van der Waals surface area (Å²) in [5.74, 6) is 0.359. The molecule has 0 aromatic rings. The van der Waals surface area contributed by atoms with Crippen molar-refractivity contribution in [2.24, 2.45) is 0 Å². The van der Waals surface area contributed by atoms with Crippen LogP contribution in [0, 0.1) is 0 Å². The molecule has 1 heterocycles. The van der Waals surface area contributed by atoms with E-state index in [9.17, 15) is 5.11 Å². The molecule has 0 aromatic carbocycles. The zero-order valence-corrected chi connectivity index (χ0v) is 6.75. The van der Waals surface area contributed by atoms with Crippen molar-refractivity contribution in [3.63, 3.8) is 0 Å². The van der Waals surface area contributed by atoms with Crippen LogP contribution >= 0.6 is 0 Å². The summed E-state index contributed by atoms with van der Waals surface area (Å²) in [5, 5.41) is 9.29. The number of aliphatic hydroxyl groups is 1. The minimum atomic E-state index is 0.359. The summed E-state index contributed by atoms with van der Waals surface area (Å²) in [6.07, 6.45) is 5.50. The minimum Gasteiger partial charge on any atom is -0.506 e. The van der Waals surface area contributed by atoms with Crippen molar-refractivity contribution in [2.45, 2.75) is 6.92 Å². The van der Waals surface area contributed by atoms with Gasteiger partial charge < -0.3 is 10.0 Å². The Morgan fingerprint density at radius 3 is 3.18 bits per heavy atom. The summed E-state index contributed by atoms with van der Waals surface area (Å²) in [5.41, 5.74) is 0.924. The third kappa shape index (κ3) is 1.64. The Labute approximate surface area is 67.1 Å². The van der Waals surface area contributed by atoms with Gasteiger partial charge in [0.15, 0.2) is 0 Å². The lowest BCUT2D eigenvalue weighted by Gasteiger charge is -2.25. The predicted molar refractivity (Wildman–Crippen MR) is 46.2 cm³/mol. The van der Waals surface area contributed by atoms with Gasteiger partial charge in [-0.15, -0.1) is 6.58 Å². The summed E-state index contributed by atoms with van der Waals surface area (Å²) >= 11 is 0. The van der Waals surface area contributed by atoms with Crippen molar-refractivity contribution >= 4 is 0 Å². The van der Waals surface area contributed by atoms with Crippen LogP contribution < -0.4 is 0 Å². The molecule has 0 saturated heterocycles. The van der Waals surface area contributed by atoms with E-state index in [1.165, 1.54) is 0 Å². The van der Waals surface area contributed by atoms with E-state index in [1.807, 2.05) is 19.1 Å². The highest BCUT2D eigenvalue weighted by Gasteiger charge is 2.09. The van der Waals surface area contributed by atoms with Crippen LogP contribution in [-0.4, -0.2) is 23.1 Å². The summed E-state index contributed by atoms with van der Waals surface area (Å²) in [4.78, 5) is 2.06. The maximum absolute atomic E-state index is 9.29. The normalized spacial score (nSPS) is 17.4. The molecule has 0 fully saturated rings. The monoisotopic (exact) mass is 151 g/mol. The average Bonchev–Trinajstić information content (AvgIpc) is 1.99. The molecule has 1 N–H and O–H groups in total. The second kappa shape index (κ2) is 3.28. The molecule has 0 bridgehead atoms. The molecule has 0 unspecified atom stereocenters. The third-order valence-corrected chi connectivity index (χ3v) is 1.80. The fraction of sp³-hybridized carbons (Fsp3) is 0.333. The molecule has 1 rings (SSSR count). The van der Waals surface area contributed by atoms with Crippen LogP contribution in [0.25, 0.3) is 0 Å². The fourth-order valence-corrected chi connectivity index (χ4v) is 1.08. The number of hydrogen-bond acceptors (Lipinski definition) is 2. The van der Waals surface area contributed by atoms with Crippen molar-refractivity contribution in [1.82, 2.24) is 4.90 Å². The van der Waals surface area contributed by atoms with E-state index in [0.29, 0.717) is 5.76 Å². The number of allylic oxidation sites excluding steroid dienone is 2. The van der Waals surface area contributed by atoms with Gasteiger partial charge in [0.1, 0.15) is 5.76 Å². The van der Waals surface area contributed by atoms with Crippen LogP contribution in [0.4, 0.5) is 0 Å². The van der Waals surface area contributed by atoms with E-state index in [-0.39, 0.29) is 0 Å². The summed E-state index contributed by atoms with van der Waals surface area (Å²) in [6, 6.07) is 0. The van der Waals surface area contributed by atoms with Gasteiger partial charge in [-0.3, -0.25) is 0 Å². The first-order chi connectivity index (χ1) is 5.25. The summed E-state index contributed by atoms with van der Waals surface area (Å²) < 4.78 is 0. The quantitative estimate of drug-likeness (QED) is 0.609. The standard InChI is InChI=1S/C9H13NO/c1-3-6-10-7-4-5-9(11)8(10)2/h3-5,11H,1,6-7H2,2H3. The highest BCUT2D eigenvalue weighted by atomic mass is 16.3. The predicted octanol–water partition coefficient (Wildman–Crippen LogP) is 1.83. The van der Waals surface area contributed by atoms with Crippen LogP contribution in [0.2, 0.25) is 0 Å². The summed E-state index contributed by atoms with van der Waals surface area (Å²) in [7, 11) is 0. The molecule has 2 nitrogen and oxygen atoms in total. The molecular formula is C9H13NO. The van der Waals surface area contributed by atoms with Crippen LogP contribution in [0.5, 0.6) is 0 Å². The van der Waals surface area contributed by atoms with Crippen molar-refractivity contribution in [3.05, 3.63) is 36.3 Å². The lowest BCUT2D eigenvalue weighted by atomic mass is 10.2. The van der Waals surface area contributed by atoms with Gasteiger partial charge in [-0.25, -0.2) is 0 Å². The van der Waals surface area contributed by atoms with Gasteiger partial charge in [-0.1, -0.05) is 12.2 Å². The van der Waals surface area contributed by atoms with E-state index in [2.05, 4.69) is 11.5 Å². The molecule has 1 aliphatic heterocycles. The van der Waals surface area contributed by atoms with Crippen LogP contribution in [0.15, 0.2) is 36.3 Å². The van der Waals surface area contributed by atoms with Gasteiger partial charge in [-0.05, 0) is 13.0 Å². The molecule has 0 radical (unpaired) electrons. The maximum Gasteiger partial charge on any atom is 0.134 e. The lowest BCUT2D eigenvalue weighted by Crippen LogP contribution is -2.25. The SMILES string of the molecule is C=CCN1CC=CC(O)=C1C. The molecule has 1 aliphatic rings. The van der Waals surface area contributed by atoms with E-state index >= 15 is 0 Å². The second-order valence-electron chi connectivity index (χ2n) is 2.57. The largest absolute Gasteiger partial charge is 0.506 e. The zero-order valence-electron chi connectivity index (χ0n) is 6.75. The number of nitrogens with zero attached hydrogens (tertiary/aromatic N) is 1. The summed E-state index contributed by atoms with van der Waals surface area (Å²) in [6.45, 7) is 7.20. The number of hydrogen-bond donors (Lipinski definition) is 1. The Morgan fingerprint density at radius 2 is 2.55 bits per heavy atom. The Kier molecular flexibility index (Phi) is 2.36. The van der Waals surface area contributed by atoms with Gasteiger partial charge in [0.2, 0.25) is 0 Å². The molecule has 0 saturated carbocycles. The molecule has 0 aromatic heterocycles. The van der Waals surface area contributed by atoms with E-state index in [0.717, 1.165) is 18.8 Å². The molecule has 11 heavy (non-hydrogen) atoms. The maximum atomic E-state index is 9.29. The Morgan fingerprint density at radius 1 is 1.82 bits per heavy atom. The van der Waals surface area contributed by atoms with Crippen molar-refractivity contribution in [3.8, 4) is 0 Å². The van der Waals surface area contributed by atoms with Crippen LogP contribution in [0.3, 0.4) is 0 Å². The number of rotatable bonds is 2. The lowest BCUT2D eigenvalue weighted by molar-refractivity contribution is 0.347. The topological polar surface area (TPSA) is 23.5 Å². The van der Waals surface area contributed by atoms with Gasteiger partial charge in [0.05, 0.1) is 5.70 Å². The van der Waals surface area contributed by atoms with Crippen LogP contribution in [0.1, 0.15) is 6.92 Å². The van der Waals surface area contributed by atoms with Gasteiger partial charge in [0.25, 0.3) is 0 Å². The average molecular weight is 151 g/mol. The van der Waals surface area contributed by atoms with Crippen molar-refractivity contribution in [1.29, 1.82) is 0 Å². The second-order valence-corrected chi connectivity index (χ2v) is 2.57. The van der Waals surface area contributed by atoms with E-state index in [4.69, 9.17) is 0 Å². The Hall–Kier alpha value is -1.18. The highest BCUT2D eigenvalue weighted by molar-refractivity contribution is 5.22. The van der Waals surface area contributed by atoms with Crippen molar-refractivity contribution in [2.75, 3.05) is 13.1 Å². The van der Waals surface area contributed by atoms with E-state index in [1.54, 1.807) is 6.08 Å². The van der Waals surface area contributed by atoms with Gasteiger partial charge in [-0.2, -0.15) is 0 Å². The smallest absolute Gasteiger partial charge is 0.134 e.